The number of hydrogen-bond donors (Lipinski definition) is 6. The minimum atomic E-state index is -0.662. The van der Waals surface area contributed by atoms with Crippen molar-refractivity contribution < 1.29 is 29.7 Å². The van der Waals surface area contributed by atoms with E-state index in [1.54, 1.807) is 0 Å². The maximum absolute atomic E-state index is 10.7. The Hall–Kier alpha value is 0.609. The van der Waals surface area contributed by atoms with Crippen LogP contribution in [0.25, 0.3) is 0 Å². The van der Waals surface area contributed by atoms with Gasteiger partial charge in [0, 0.05) is 0 Å². The van der Waals surface area contributed by atoms with Gasteiger partial charge in [-0.05, 0) is 55.8 Å². The first kappa shape index (κ1) is 55.0. The van der Waals surface area contributed by atoms with Crippen LogP contribution in [0.4, 0.5) is 0 Å². The van der Waals surface area contributed by atoms with Crippen molar-refractivity contribution in [1.29, 1.82) is 0 Å². The van der Waals surface area contributed by atoms with Gasteiger partial charge in [0.1, 0.15) is 0 Å². The zero-order valence-electron chi connectivity index (χ0n) is 29.2. The molecule has 0 saturated heterocycles. The predicted octanol–water partition coefficient (Wildman–Crippen LogP) is 10.2. The molecule has 0 heterocycles. The van der Waals surface area contributed by atoms with Crippen molar-refractivity contribution >= 4 is 91.8 Å². The van der Waals surface area contributed by atoms with Crippen LogP contribution in [0.3, 0.4) is 0 Å². The Morgan fingerprint density at radius 3 is 0.844 bits per heavy atom. The maximum atomic E-state index is 10.7. The van der Waals surface area contributed by atoms with Crippen molar-refractivity contribution in [2.24, 2.45) is 17.8 Å². The molecule has 0 saturated carbocycles. The largest absolute Gasteiger partial charge is 0.197 e. The van der Waals surface area contributed by atoms with E-state index in [0.29, 0.717) is 36.5 Å². The third-order valence-corrected chi connectivity index (χ3v) is 9.20. The zero-order chi connectivity index (χ0) is 34.4. The minimum Gasteiger partial charge on any atom is -0.197 e. The summed E-state index contributed by atoms with van der Waals surface area (Å²) in [6.07, 6.45) is 21.2. The van der Waals surface area contributed by atoms with E-state index in [1.807, 2.05) is 0 Å². The summed E-state index contributed by atoms with van der Waals surface area (Å²) in [7, 11) is 0. The Balaban J connectivity index is -0.000000163. The van der Waals surface area contributed by atoms with E-state index in [0.717, 1.165) is 57.8 Å². The molecule has 0 bridgehead atoms. The van der Waals surface area contributed by atoms with Crippen LogP contribution in [-0.2, 0) is 14.4 Å². The number of carboxylic acid groups (broad SMARTS) is 3. The number of thiol groups is 3. The van der Waals surface area contributed by atoms with Gasteiger partial charge in [0.15, 0.2) is 0 Å². The fourth-order valence-electron chi connectivity index (χ4n) is 4.30. The predicted molar refractivity (Wildman–Crippen MR) is 212 cm³/mol. The van der Waals surface area contributed by atoms with Crippen molar-refractivity contribution in [1.82, 2.24) is 0 Å². The third-order valence-electron chi connectivity index (χ3n) is 7.26. The Bertz CT molecular complexity index is 539. The minimum absolute atomic E-state index is 0. The van der Waals surface area contributed by atoms with Gasteiger partial charge in [-0.2, -0.15) is 51.4 Å². The standard InChI is InChI=1S/3C10H20O2S.C4H9.H2S.Sn.H/c3*1-2-3-4-5-6-9(7-8-13)10(11)12;1-3-4-2;;;/h3*9,13H,2-8H2,1H3,(H,11,12);1,3-4H2,2H3;1H2;;. The molecule has 3 N–H and O–H groups in total. The first-order valence-corrected chi connectivity index (χ1v) is 21.5. The summed E-state index contributed by atoms with van der Waals surface area (Å²) in [5, 5.41) is 26.5. The number of carbonyl (C=O) groups is 3. The molecule has 0 aliphatic rings. The van der Waals surface area contributed by atoms with Crippen LogP contribution in [0.1, 0.15) is 156 Å². The van der Waals surface area contributed by atoms with E-state index >= 15 is 0 Å². The van der Waals surface area contributed by atoms with Gasteiger partial charge in [0.05, 0.1) is 17.8 Å². The smallest absolute Gasteiger partial charge is 0.197 e. The van der Waals surface area contributed by atoms with E-state index in [2.05, 4.69) is 65.6 Å². The summed E-state index contributed by atoms with van der Waals surface area (Å²) in [4.78, 5) is 32.2. The summed E-state index contributed by atoms with van der Waals surface area (Å²) < 4.78 is 1.47. The number of rotatable bonds is 26. The van der Waals surface area contributed by atoms with Crippen molar-refractivity contribution in [3.63, 3.8) is 0 Å². The average molecular weight is 824 g/mol. The number of aliphatic carboxylic acids is 3. The second kappa shape index (κ2) is 46.7. The molecule has 11 heteroatoms. The summed E-state index contributed by atoms with van der Waals surface area (Å²) in [5.41, 5.74) is 0. The zero-order valence-corrected chi connectivity index (χ0v) is 36.2. The second-order valence-electron chi connectivity index (χ2n) is 11.3. The van der Waals surface area contributed by atoms with Crippen molar-refractivity contribution in [2.75, 3.05) is 17.3 Å². The molecule has 0 aliphatic carbocycles. The first-order chi connectivity index (χ1) is 21.1. The molecule has 0 amide bonds. The van der Waals surface area contributed by atoms with E-state index in [1.165, 1.54) is 78.3 Å². The molecule has 0 aromatic carbocycles. The molecule has 6 nitrogen and oxygen atoms in total. The van der Waals surface area contributed by atoms with Gasteiger partial charge >= 0.3 is 64.6 Å². The third kappa shape index (κ3) is 46.8. The van der Waals surface area contributed by atoms with E-state index < -0.39 is 17.9 Å². The molecular formula is C34H72O6S4Sn. The molecule has 2 radical (unpaired) electrons. The molecule has 0 spiro atoms. The fourth-order valence-corrected chi connectivity index (χ4v) is 6.40. The Morgan fingerprint density at radius 2 is 0.711 bits per heavy atom. The number of carboxylic acids is 3. The van der Waals surface area contributed by atoms with Crippen molar-refractivity contribution in [2.45, 2.75) is 161 Å². The van der Waals surface area contributed by atoms with Crippen LogP contribution < -0.4 is 0 Å². The quantitative estimate of drug-likeness (QED) is 0.0295. The van der Waals surface area contributed by atoms with E-state index in [-0.39, 0.29) is 31.2 Å². The summed E-state index contributed by atoms with van der Waals surface area (Å²) in [6.45, 7) is 8.70. The van der Waals surface area contributed by atoms with Crippen LogP contribution in [0.2, 0.25) is 4.44 Å². The Kier molecular flexibility index (Phi) is 57.1. The molecule has 0 fully saturated rings. The molecule has 0 rings (SSSR count). The molecular weight excluding hydrogens is 751 g/mol. The van der Waals surface area contributed by atoms with Gasteiger partial charge in [-0.15, -0.1) is 0 Å². The van der Waals surface area contributed by atoms with Gasteiger partial charge in [-0.25, -0.2) is 0 Å². The summed E-state index contributed by atoms with van der Waals surface area (Å²) in [5.74, 6) is -0.486. The summed E-state index contributed by atoms with van der Waals surface area (Å²) in [6, 6.07) is 0. The van der Waals surface area contributed by atoms with Crippen LogP contribution >= 0.6 is 51.4 Å². The molecule has 272 valence electrons. The maximum Gasteiger partial charge on any atom is -0.197 e. The summed E-state index contributed by atoms with van der Waals surface area (Å²) >= 11 is 13.6. The molecule has 45 heavy (non-hydrogen) atoms. The van der Waals surface area contributed by atoms with E-state index in [9.17, 15) is 14.4 Å². The average Bonchev–Trinajstić information content (AvgIpc) is 2.99. The molecule has 3 atom stereocenters. The van der Waals surface area contributed by atoms with Crippen LogP contribution in [0.5, 0.6) is 0 Å². The van der Waals surface area contributed by atoms with Crippen molar-refractivity contribution in [3.8, 4) is 0 Å². The van der Waals surface area contributed by atoms with Crippen LogP contribution in [0.15, 0.2) is 0 Å². The second-order valence-corrected chi connectivity index (χ2v) is 14.3. The fraction of sp³-hybridized carbons (Fsp3) is 0.912. The van der Waals surface area contributed by atoms with Crippen LogP contribution in [0, 0.1) is 17.8 Å². The van der Waals surface area contributed by atoms with Gasteiger partial charge in [-0.1, -0.05) is 97.8 Å². The molecule has 0 aromatic rings. The monoisotopic (exact) mass is 824 g/mol. The van der Waals surface area contributed by atoms with E-state index in [4.69, 9.17) is 15.3 Å². The molecule has 0 aromatic heterocycles. The molecule has 3 unspecified atom stereocenters. The van der Waals surface area contributed by atoms with Gasteiger partial charge < -0.3 is 15.3 Å². The Morgan fingerprint density at radius 1 is 0.467 bits per heavy atom. The Labute approximate surface area is 315 Å². The van der Waals surface area contributed by atoms with Gasteiger partial charge in [0.25, 0.3) is 0 Å². The topological polar surface area (TPSA) is 112 Å². The van der Waals surface area contributed by atoms with Crippen molar-refractivity contribution in [3.05, 3.63) is 0 Å². The van der Waals surface area contributed by atoms with Crippen LogP contribution in [-0.4, -0.2) is 73.0 Å². The normalized spacial score (nSPS) is 12.0. The SMILES string of the molecule is CCCCCCC(CCS)C(=O)O.CCCCCCC(CCS)C(=O)O.CCCCCCC(CCS)C(=O)O.CCC[CH2][SnH].S. The van der Waals surface area contributed by atoms with Gasteiger partial charge in [0.2, 0.25) is 0 Å². The number of hydrogen-bond acceptors (Lipinski definition) is 6. The molecule has 0 aliphatic heterocycles. The first-order valence-electron chi connectivity index (χ1n) is 17.3. The van der Waals surface area contributed by atoms with Gasteiger partial charge in [-0.3, -0.25) is 14.4 Å². The number of unbranched alkanes of at least 4 members (excludes halogenated alkanes) is 10.